The highest BCUT2D eigenvalue weighted by Crippen LogP contribution is 2.26. The van der Waals surface area contributed by atoms with Gasteiger partial charge >= 0.3 is 0 Å². The number of nitrogens with one attached hydrogen (secondary N) is 1. The van der Waals surface area contributed by atoms with E-state index in [-0.39, 0.29) is 5.91 Å². The van der Waals surface area contributed by atoms with Crippen molar-refractivity contribution in [2.24, 2.45) is 0 Å². The number of rotatable bonds is 3. The topological polar surface area (TPSA) is 67.4 Å². The van der Waals surface area contributed by atoms with Gasteiger partial charge in [-0.05, 0) is 25.7 Å². The fraction of sp³-hybridized carbons (Fsp3) is 0.688. The Hall–Kier alpha value is -1.69. The smallest absolute Gasteiger partial charge is 0.219 e. The Bertz CT molecular complexity index is 491. The second-order valence-electron chi connectivity index (χ2n) is 6.17. The number of anilines is 1. The molecule has 1 amide bonds. The number of aromatic nitrogens is 2. The summed E-state index contributed by atoms with van der Waals surface area (Å²) in [6.07, 6.45) is 7.85. The molecule has 2 saturated heterocycles. The van der Waals surface area contributed by atoms with Crippen LogP contribution in [-0.2, 0) is 9.53 Å². The van der Waals surface area contributed by atoms with E-state index in [9.17, 15) is 4.79 Å². The van der Waals surface area contributed by atoms with Gasteiger partial charge in [-0.15, -0.1) is 0 Å². The lowest BCUT2D eigenvalue weighted by molar-refractivity contribution is -0.129. The number of hydrogen-bond acceptors (Lipinski definition) is 5. The molecule has 6 nitrogen and oxygen atoms in total. The van der Waals surface area contributed by atoms with E-state index < -0.39 is 0 Å². The van der Waals surface area contributed by atoms with Crippen LogP contribution >= 0.6 is 0 Å². The van der Waals surface area contributed by atoms with Gasteiger partial charge in [-0.25, -0.2) is 4.98 Å². The van der Waals surface area contributed by atoms with Crippen LogP contribution < -0.4 is 5.32 Å². The number of ether oxygens (including phenoxy) is 1. The molecule has 6 heteroatoms. The van der Waals surface area contributed by atoms with Gasteiger partial charge in [0.2, 0.25) is 5.91 Å². The molecule has 1 aromatic heterocycles. The van der Waals surface area contributed by atoms with Crippen molar-refractivity contribution in [3.05, 3.63) is 18.1 Å². The Morgan fingerprint density at radius 2 is 2.09 bits per heavy atom. The molecule has 0 saturated carbocycles. The number of nitrogens with zero attached hydrogens (tertiary/aromatic N) is 3. The van der Waals surface area contributed by atoms with Gasteiger partial charge in [0.25, 0.3) is 0 Å². The van der Waals surface area contributed by atoms with Gasteiger partial charge in [0.15, 0.2) is 0 Å². The Labute approximate surface area is 131 Å². The van der Waals surface area contributed by atoms with Gasteiger partial charge in [0.05, 0.1) is 30.7 Å². The summed E-state index contributed by atoms with van der Waals surface area (Å²) in [4.78, 5) is 22.3. The highest BCUT2D eigenvalue weighted by atomic mass is 16.5. The minimum absolute atomic E-state index is 0.166. The molecule has 2 fully saturated rings. The number of piperidine rings is 1. The minimum Gasteiger partial charge on any atom is -0.379 e. The van der Waals surface area contributed by atoms with Gasteiger partial charge in [-0.2, -0.15) is 0 Å². The Kier molecular flexibility index (Phi) is 4.87. The standard InChI is InChI=1S/C16H24N4O2/c1-12(21)20-6-4-13(5-7-20)15-9-18-16(10-17-15)19-14-3-2-8-22-11-14/h9-10,13-14H,2-8,11H2,1H3,(H,18,19)/t14-/m1/s1. The maximum Gasteiger partial charge on any atom is 0.219 e. The third-order valence-corrected chi connectivity index (χ3v) is 4.54. The Morgan fingerprint density at radius 1 is 1.27 bits per heavy atom. The fourth-order valence-corrected chi connectivity index (χ4v) is 3.18. The molecule has 22 heavy (non-hydrogen) atoms. The first kappa shape index (κ1) is 15.2. The van der Waals surface area contributed by atoms with Gasteiger partial charge in [-0.3, -0.25) is 9.78 Å². The molecule has 3 rings (SSSR count). The van der Waals surface area contributed by atoms with Crippen LogP contribution in [0.2, 0.25) is 0 Å². The molecule has 0 aromatic carbocycles. The predicted molar refractivity (Wildman–Crippen MR) is 83.7 cm³/mol. The molecular weight excluding hydrogens is 280 g/mol. The van der Waals surface area contributed by atoms with Crippen molar-refractivity contribution in [1.29, 1.82) is 0 Å². The molecule has 120 valence electrons. The largest absolute Gasteiger partial charge is 0.379 e. The molecule has 0 radical (unpaired) electrons. The van der Waals surface area contributed by atoms with Crippen molar-refractivity contribution in [2.75, 3.05) is 31.6 Å². The van der Waals surface area contributed by atoms with Crippen LogP contribution in [0.1, 0.15) is 44.2 Å². The lowest BCUT2D eigenvalue weighted by Crippen LogP contribution is -2.36. The third-order valence-electron chi connectivity index (χ3n) is 4.54. The lowest BCUT2D eigenvalue weighted by atomic mass is 9.94. The van der Waals surface area contributed by atoms with E-state index in [1.54, 1.807) is 6.92 Å². The van der Waals surface area contributed by atoms with Crippen molar-refractivity contribution < 1.29 is 9.53 Å². The predicted octanol–water partition coefficient (Wildman–Crippen LogP) is 1.79. The van der Waals surface area contributed by atoms with E-state index in [1.165, 1.54) is 0 Å². The van der Waals surface area contributed by atoms with Crippen LogP contribution in [0.25, 0.3) is 0 Å². The van der Waals surface area contributed by atoms with E-state index in [4.69, 9.17) is 4.74 Å². The van der Waals surface area contributed by atoms with Gasteiger partial charge in [0.1, 0.15) is 5.82 Å². The quantitative estimate of drug-likeness (QED) is 0.922. The van der Waals surface area contributed by atoms with E-state index >= 15 is 0 Å². The van der Waals surface area contributed by atoms with Gasteiger partial charge < -0.3 is 15.0 Å². The SMILES string of the molecule is CC(=O)N1CCC(c2cnc(N[C@@H]3CCCOC3)cn2)CC1. The van der Waals surface area contributed by atoms with Crippen LogP contribution in [0.15, 0.2) is 12.4 Å². The molecule has 0 bridgehead atoms. The zero-order valence-electron chi connectivity index (χ0n) is 13.1. The average Bonchev–Trinajstić information content (AvgIpc) is 2.57. The molecule has 1 atom stereocenters. The van der Waals surface area contributed by atoms with Crippen molar-refractivity contribution in [2.45, 2.75) is 44.6 Å². The van der Waals surface area contributed by atoms with Crippen molar-refractivity contribution in [3.63, 3.8) is 0 Å². The normalized spacial score (nSPS) is 23.3. The van der Waals surface area contributed by atoms with E-state index in [1.807, 2.05) is 17.3 Å². The lowest BCUT2D eigenvalue weighted by Gasteiger charge is -2.30. The molecule has 1 aromatic rings. The minimum atomic E-state index is 0.166. The number of carbonyl (C=O) groups excluding carboxylic acids is 1. The third kappa shape index (κ3) is 3.74. The highest BCUT2D eigenvalue weighted by molar-refractivity contribution is 5.73. The summed E-state index contributed by atoms with van der Waals surface area (Å²) in [5, 5.41) is 3.38. The van der Waals surface area contributed by atoms with Crippen LogP contribution in [0, 0.1) is 0 Å². The average molecular weight is 304 g/mol. The van der Waals surface area contributed by atoms with Crippen molar-refractivity contribution in [1.82, 2.24) is 14.9 Å². The summed E-state index contributed by atoms with van der Waals surface area (Å²) in [6, 6.07) is 0.340. The number of likely N-dealkylation sites (tertiary alicyclic amines) is 1. The number of hydrogen-bond donors (Lipinski definition) is 1. The summed E-state index contributed by atoms with van der Waals surface area (Å²) >= 11 is 0. The monoisotopic (exact) mass is 304 g/mol. The number of carbonyl (C=O) groups is 1. The first-order valence-corrected chi connectivity index (χ1v) is 8.14. The Balaban J connectivity index is 1.54. The van der Waals surface area contributed by atoms with Crippen LogP contribution in [0.5, 0.6) is 0 Å². The second-order valence-corrected chi connectivity index (χ2v) is 6.17. The molecule has 2 aliphatic heterocycles. The zero-order chi connectivity index (χ0) is 15.4. The summed E-state index contributed by atoms with van der Waals surface area (Å²) in [5.74, 6) is 1.40. The van der Waals surface area contributed by atoms with Crippen molar-refractivity contribution in [3.8, 4) is 0 Å². The Morgan fingerprint density at radius 3 is 2.68 bits per heavy atom. The summed E-state index contributed by atoms with van der Waals surface area (Å²) in [7, 11) is 0. The molecule has 0 aliphatic carbocycles. The van der Waals surface area contributed by atoms with E-state index in [0.29, 0.717) is 12.0 Å². The van der Waals surface area contributed by atoms with E-state index in [0.717, 1.165) is 63.5 Å². The number of amides is 1. The maximum atomic E-state index is 11.4. The van der Waals surface area contributed by atoms with Crippen molar-refractivity contribution >= 4 is 11.7 Å². The summed E-state index contributed by atoms with van der Waals surface area (Å²) < 4.78 is 5.46. The van der Waals surface area contributed by atoms with Gasteiger partial charge in [0, 0.05) is 32.5 Å². The van der Waals surface area contributed by atoms with Crippen LogP contribution in [-0.4, -0.2) is 53.1 Å². The molecule has 2 aliphatic rings. The highest BCUT2D eigenvalue weighted by Gasteiger charge is 2.23. The second kappa shape index (κ2) is 7.05. The summed E-state index contributed by atoms with van der Waals surface area (Å²) in [6.45, 7) is 4.88. The van der Waals surface area contributed by atoms with Crippen LogP contribution in [0.4, 0.5) is 5.82 Å². The maximum absolute atomic E-state index is 11.4. The van der Waals surface area contributed by atoms with Crippen LogP contribution in [0.3, 0.4) is 0 Å². The van der Waals surface area contributed by atoms with Gasteiger partial charge in [-0.1, -0.05) is 0 Å². The zero-order valence-corrected chi connectivity index (χ0v) is 13.1. The molecule has 0 unspecified atom stereocenters. The molecule has 3 heterocycles. The molecular formula is C16H24N4O2. The molecule has 0 spiro atoms. The summed E-state index contributed by atoms with van der Waals surface area (Å²) in [5.41, 5.74) is 1.04. The first-order chi connectivity index (χ1) is 10.7. The first-order valence-electron chi connectivity index (χ1n) is 8.14. The fourth-order valence-electron chi connectivity index (χ4n) is 3.18. The van der Waals surface area contributed by atoms with E-state index in [2.05, 4.69) is 15.3 Å². The molecule has 1 N–H and O–H groups in total.